The van der Waals surface area contributed by atoms with Crippen LogP contribution in [0, 0.1) is 17.5 Å². The average molecular weight is 480 g/mol. The lowest BCUT2D eigenvalue weighted by atomic mass is 10.3. The standard InChI is InChI=1S/C22H19F3N2O5S/c23-15-1-3-16(4-2-15)31-14-17-5-8-21(32-17)22(28)26-9-11-27(12-10-26)33(29,30)18-6-7-19(24)20(25)13-18/h1-8,13H,9-12,14H2. The SMILES string of the molecule is O=C(c1ccc(COc2ccc(F)cc2)o1)N1CCN(S(=O)(=O)c2ccc(F)c(F)c2)CC1. The Kier molecular flexibility index (Phi) is 6.43. The molecule has 0 aliphatic carbocycles. The number of ether oxygens (including phenoxy) is 1. The zero-order valence-electron chi connectivity index (χ0n) is 17.2. The van der Waals surface area contributed by atoms with E-state index in [1.165, 1.54) is 35.2 Å². The van der Waals surface area contributed by atoms with Gasteiger partial charge in [-0.2, -0.15) is 4.31 Å². The summed E-state index contributed by atoms with van der Waals surface area (Å²) >= 11 is 0. The van der Waals surface area contributed by atoms with Crippen LogP contribution in [-0.2, 0) is 16.6 Å². The number of piperazine rings is 1. The van der Waals surface area contributed by atoms with Crippen molar-refractivity contribution in [3.05, 3.63) is 83.6 Å². The number of carbonyl (C=O) groups excluding carboxylic acids is 1. The number of hydrogen-bond donors (Lipinski definition) is 0. The molecule has 1 saturated heterocycles. The van der Waals surface area contributed by atoms with E-state index in [9.17, 15) is 26.4 Å². The quantitative estimate of drug-likeness (QED) is 0.540. The zero-order chi connectivity index (χ0) is 23.6. The molecule has 0 atom stereocenters. The first-order valence-electron chi connectivity index (χ1n) is 9.95. The summed E-state index contributed by atoms with van der Waals surface area (Å²) in [5.74, 6) is -2.27. The van der Waals surface area contributed by atoms with Crippen LogP contribution in [0.25, 0.3) is 0 Å². The molecule has 0 spiro atoms. The number of rotatable bonds is 6. The Labute approximate surface area is 188 Å². The molecule has 1 aliphatic heterocycles. The molecule has 0 radical (unpaired) electrons. The lowest BCUT2D eigenvalue weighted by Crippen LogP contribution is -2.50. The molecule has 2 aromatic carbocycles. The van der Waals surface area contributed by atoms with Crippen molar-refractivity contribution in [1.82, 2.24) is 9.21 Å². The third kappa shape index (κ3) is 5.04. The largest absolute Gasteiger partial charge is 0.486 e. The Morgan fingerprint density at radius 3 is 2.27 bits per heavy atom. The molecule has 0 bridgehead atoms. The van der Waals surface area contributed by atoms with Gasteiger partial charge in [-0.25, -0.2) is 21.6 Å². The smallest absolute Gasteiger partial charge is 0.289 e. The van der Waals surface area contributed by atoms with E-state index in [1.807, 2.05) is 0 Å². The molecule has 0 unspecified atom stereocenters. The Bertz CT molecular complexity index is 1250. The number of furan rings is 1. The second kappa shape index (κ2) is 9.28. The van der Waals surface area contributed by atoms with E-state index in [0.29, 0.717) is 17.6 Å². The zero-order valence-corrected chi connectivity index (χ0v) is 18.0. The molecule has 3 aromatic rings. The van der Waals surface area contributed by atoms with E-state index >= 15 is 0 Å². The Morgan fingerprint density at radius 2 is 1.61 bits per heavy atom. The maximum Gasteiger partial charge on any atom is 0.289 e. The summed E-state index contributed by atoms with van der Waals surface area (Å²) in [6.45, 7) is 0.232. The fourth-order valence-electron chi connectivity index (χ4n) is 3.33. The number of hydrogen-bond acceptors (Lipinski definition) is 5. The molecule has 0 N–H and O–H groups in total. The summed E-state index contributed by atoms with van der Waals surface area (Å²) in [5.41, 5.74) is 0. The molecule has 2 heterocycles. The van der Waals surface area contributed by atoms with Crippen LogP contribution in [0.4, 0.5) is 13.2 Å². The Hall–Kier alpha value is -3.31. The number of sulfonamides is 1. The molecule has 4 rings (SSSR count). The minimum absolute atomic E-state index is 0.00564. The second-order valence-electron chi connectivity index (χ2n) is 7.28. The minimum Gasteiger partial charge on any atom is -0.486 e. The molecule has 11 heteroatoms. The highest BCUT2D eigenvalue weighted by Gasteiger charge is 2.31. The van der Waals surface area contributed by atoms with Gasteiger partial charge in [0.1, 0.15) is 23.9 Å². The third-order valence-electron chi connectivity index (χ3n) is 5.12. The third-order valence-corrected chi connectivity index (χ3v) is 7.02. The summed E-state index contributed by atoms with van der Waals surface area (Å²) in [4.78, 5) is 13.8. The summed E-state index contributed by atoms with van der Waals surface area (Å²) in [6.07, 6.45) is 0. The van der Waals surface area contributed by atoms with Gasteiger partial charge in [0.25, 0.3) is 5.91 Å². The Balaban J connectivity index is 1.34. The highest BCUT2D eigenvalue weighted by atomic mass is 32.2. The summed E-state index contributed by atoms with van der Waals surface area (Å²) in [7, 11) is -4.02. The fourth-order valence-corrected chi connectivity index (χ4v) is 4.76. The number of carbonyl (C=O) groups is 1. The molecular weight excluding hydrogens is 461 g/mol. The van der Waals surface area contributed by atoms with Crippen LogP contribution in [0.3, 0.4) is 0 Å². The van der Waals surface area contributed by atoms with Crippen LogP contribution < -0.4 is 4.74 Å². The van der Waals surface area contributed by atoms with E-state index in [0.717, 1.165) is 16.4 Å². The van der Waals surface area contributed by atoms with Crippen LogP contribution in [0.5, 0.6) is 5.75 Å². The minimum atomic E-state index is -4.02. The number of amides is 1. The highest BCUT2D eigenvalue weighted by Crippen LogP contribution is 2.21. The van der Waals surface area contributed by atoms with E-state index in [4.69, 9.17) is 9.15 Å². The van der Waals surface area contributed by atoms with Crippen LogP contribution in [0.2, 0.25) is 0 Å². The van der Waals surface area contributed by atoms with Crippen molar-refractivity contribution in [2.75, 3.05) is 26.2 Å². The van der Waals surface area contributed by atoms with Gasteiger partial charge < -0.3 is 14.1 Å². The predicted octanol–water partition coefficient (Wildman–Crippen LogP) is 3.42. The summed E-state index contributed by atoms with van der Waals surface area (Å²) in [6, 6.07) is 10.9. The number of nitrogens with zero attached hydrogens (tertiary/aromatic N) is 2. The van der Waals surface area contributed by atoms with E-state index in [2.05, 4.69) is 0 Å². The number of benzene rings is 2. The predicted molar refractivity (Wildman–Crippen MR) is 110 cm³/mol. The summed E-state index contributed by atoms with van der Waals surface area (Å²) in [5, 5.41) is 0. The van der Waals surface area contributed by atoms with E-state index in [-0.39, 0.29) is 49.3 Å². The van der Waals surface area contributed by atoms with Gasteiger partial charge in [-0.05, 0) is 54.6 Å². The Morgan fingerprint density at radius 1 is 0.909 bits per heavy atom. The second-order valence-corrected chi connectivity index (χ2v) is 9.22. The van der Waals surface area contributed by atoms with Crippen LogP contribution in [0.1, 0.15) is 16.3 Å². The van der Waals surface area contributed by atoms with Crippen molar-refractivity contribution in [1.29, 1.82) is 0 Å². The van der Waals surface area contributed by atoms with Crippen LogP contribution in [-0.4, -0.2) is 49.7 Å². The molecule has 7 nitrogen and oxygen atoms in total. The molecule has 1 amide bonds. The van der Waals surface area contributed by atoms with Crippen molar-refractivity contribution in [3.63, 3.8) is 0 Å². The maximum absolute atomic E-state index is 13.5. The van der Waals surface area contributed by atoms with Crippen molar-refractivity contribution < 1.29 is 35.5 Å². The van der Waals surface area contributed by atoms with Crippen molar-refractivity contribution >= 4 is 15.9 Å². The first-order chi connectivity index (χ1) is 15.7. The van der Waals surface area contributed by atoms with Gasteiger partial charge in [0.05, 0.1) is 4.90 Å². The fraction of sp³-hybridized carbons (Fsp3) is 0.227. The van der Waals surface area contributed by atoms with Gasteiger partial charge in [-0.1, -0.05) is 0 Å². The lowest BCUT2D eigenvalue weighted by Gasteiger charge is -2.33. The molecule has 33 heavy (non-hydrogen) atoms. The molecule has 1 aromatic heterocycles. The monoisotopic (exact) mass is 480 g/mol. The van der Waals surface area contributed by atoms with Gasteiger partial charge in [0.2, 0.25) is 10.0 Å². The van der Waals surface area contributed by atoms with Crippen molar-refractivity contribution in [3.8, 4) is 5.75 Å². The molecule has 0 saturated carbocycles. The summed E-state index contributed by atoms with van der Waals surface area (Å²) < 4.78 is 77.0. The first-order valence-corrected chi connectivity index (χ1v) is 11.4. The van der Waals surface area contributed by atoms with Crippen molar-refractivity contribution in [2.45, 2.75) is 11.5 Å². The first kappa shape index (κ1) is 22.9. The van der Waals surface area contributed by atoms with Crippen LogP contribution >= 0.6 is 0 Å². The van der Waals surface area contributed by atoms with E-state index < -0.39 is 27.6 Å². The van der Waals surface area contributed by atoms with E-state index in [1.54, 1.807) is 6.07 Å². The molecule has 1 aliphatic rings. The van der Waals surface area contributed by atoms with Gasteiger partial charge in [-0.3, -0.25) is 4.79 Å². The van der Waals surface area contributed by atoms with Gasteiger partial charge in [0.15, 0.2) is 17.4 Å². The average Bonchev–Trinajstić information content (AvgIpc) is 3.29. The number of halogens is 3. The lowest BCUT2D eigenvalue weighted by molar-refractivity contribution is 0.0662. The molecule has 1 fully saturated rings. The normalized spacial score (nSPS) is 14.9. The topological polar surface area (TPSA) is 80.1 Å². The molecular formula is C22H19F3N2O5S. The highest BCUT2D eigenvalue weighted by molar-refractivity contribution is 7.89. The van der Waals surface area contributed by atoms with Gasteiger partial charge in [0, 0.05) is 26.2 Å². The maximum atomic E-state index is 13.5. The van der Waals surface area contributed by atoms with Gasteiger partial charge in [-0.15, -0.1) is 0 Å². The van der Waals surface area contributed by atoms with Crippen molar-refractivity contribution in [2.24, 2.45) is 0 Å². The molecule has 174 valence electrons. The van der Waals surface area contributed by atoms with Crippen LogP contribution in [0.15, 0.2) is 63.9 Å². The van der Waals surface area contributed by atoms with Gasteiger partial charge >= 0.3 is 0 Å².